The number of benzene rings is 4. The second-order valence-corrected chi connectivity index (χ2v) is 10.5. The number of fused-ring (bicyclic) bond motifs is 2. The van der Waals surface area contributed by atoms with Crippen molar-refractivity contribution in [1.29, 1.82) is 0 Å². The first-order chi connectivity index (χ1) is 19.8. The summed E-state index contributed by atoms with van der Waals surface area (Å²) in [6, 6.07) is 30.2. The first kappa shape index (κ1) is 26.0. The fourth-order valence-corrected chi connectivity index (χ4v) is 5.64. The van der Waals surface area contributed by atoms with Crippen LogP contribution in [0, 0.1) is 0 Å². The SMILES string of the molecule is OCc1ccccc1Sc1ccccc1CNc1nc(NCc2ccc3c(c2)OCCCO3)c2ccccc2n1. The summed E-state index contributed by atoms with van der Waals surface area (Å²) in [6.45, 7) is 2.49. The molecule has 0 radical (unpaired) electrons. The van der Waals surface area contributed by atoms with E-state index in [1.165, 1.54) is 0 Å². The van der Waals surface area contributed by atoms with Crippen LogP contribution in [0.5, 0.6) is 11.5 Å². The van der Waals surface area contributed by atoms with Gasteiger partial charge in [-0.15, -0.1) is 0 Å². The maximum Gasteiger partial charge on any atom is 0.225 e. The third kappa shape index (κ3) is 5.98. The van der Waals surface area contributed by atoms with Crippen molar-refractivity contribution in [3.63, 3.8) is 0 Å². The summed E-state index contributed by atoms with van der Waals surface area (Å²) in [5.41, 5.74) is 3.98. The van der Waals surface area contributed by atoms with Gasteiger partial charge in [0.2, 0.25) is 5.95 Å². The Morgan fingerprint density at radius 2 is 1.45 bits per heavy atom. The molecule has 7 nitrogen and oxygen atoms in total. The van der Waals surface area contributed by atoms with Gasteiger partial charge in [-0.3, -0.25) is 0 Å². The van der Waals surface area contributed by atoms with Gasteiger partial charge in [0.25, 0.3) is 0 Å². The Labute approximate surface area is 237 Å². The highest BCUT2D eigenvalue weighted by Gasteiger charge is 2.13. The van der Waals surface area contributed by atoms with E-state index in [4.69, 9.17) is 19.4 Å². The predicted molar refractivity (Wildman–Crippen MR) is 159 cm³/mol. The molecule has 2 heterocycles. The van der Waals surface area contributed by atoms with Crippen molar-refractivity contribution in [3.8, 4) is 11.5 Å². The number of hydrogen-bond donors (Lipinski definition) is 3. The van der Waals surface area contributed by atoms with Crippen LogP contribution in [0.4, 0.5) is 11.8 Å². The molecule has 0 aliphatic carbocycles. The molecule has 0 atom stereocenters. The molecule has 40 heavy (non-hydrogen) atoms. The van der Waals surface area contributed by atoms with Crippen molar-refractivity contribution >= 4 is 34.4 Å². The number of rotatable bonds is 9. The molecule has 0 spiro atoms. The topological polar surface area (TPSA) is 88.5 Å². The number of hydrogen-bond acceptors (Lipinski definition) is 8. The van der Waals surface area contributed by atoms with E-state index < -0.39 is 0 Å². The van der Waals surface area contributed by atoms with Crippen LogP contribution in [-0.4, -0.2) is 28.3 Å². The summed E-state index contributed by atoms with van der Waals surface area (Å²) >= 11 is 1.65. The van der Waals surface area contributed by atoms with Crippen LogP contribution in [0.1, 0.15) is 23.1 Å². The lowest BCUT2D eigenvalue weighted by Gasteiger charge is -2.14. The highest BCUT2D eigenvalue weighted by atomic mass is 32.2. The van der Waals surface area contributed by atoms with Crippen molar-refractivity contribution in [2.24, 2.45) is 0 Å². The summed E-state index contributed by atoms with van der Waals surface area (Å²) in [5, 5.41) is 17.6. The average molecular weight is 551 g/mol. The number of nitrogens with one attached hydrogen (secondary N) is 2. The summed E-state index contributed by atoms with van der Waals surface area (Å²) in [5.74, 6) is 2.89. The minimum Gasteiger partial charge on any atom is -0.490 e. The van der Waals surface area contributed by atoms with Crippen LogP contribution in [0.2, 0.25) is 0 Å². The Morgan fingerprint density at radius 3 is 2.30 bits per heavy atom. The van der Waals surface area contributed by atoms with E-state index in [-0.39, 0.29) is 6.61 Å². The van der Waals surface area contributed by atoms with E-state index in [2.05, 4.69) is 22.8 Å². The van der Waals surface area contributed by atoms with Crippen LogP contribution in [0.3, 0.4) is 0 Å². The fraction of sp³-hybridized carbons (Fsp3) is 0.188. The molecule has 202 valence electrons. The van der Waals surface area contributed by atoms with Gasteiger partial charge in [-0.25, -0.2) is 4.98 Å². The largest absolute Gasteiger partial charge is 0.490 e. The highest BCUT2D eigenvalue weighted by Crippen LogP contribution is 2.34. The Hall–Kier alpha value is -4.27. The molecule has 5 aromatic rings. The molecule has 0 fully saturated rings. The molecular formula is C32H30N4O3S. The predicted octanol–water partition coefficient (Wildman–Crippen LogP) is 6.66. The Bertz CT molecular complexity index is 1630. The zero-order valence-corrected chi connectivity index (χ0v) is 22.8. The molecule has 0 unspecified atom stereocenters. The molecule has 4 aromatic carbocycles. The maximum atomic E-state index is 9.75. The molecule has 6 rings (SSSR count). The molecule has 8 heteroatoms. The third-order valence-electron chi connectivity index (χ3n) is 6.65. The van der Waals surface area contributed by atoms with Crippen molar-refractivity contribution in [2.45, 2.75) is 35.9 Å². The van der Waals surface area contributed by atoms with Gasteiger partial charge in [-0.05, 0) is 53.1 Å². The molecular weight excluding hydrogens is 520 g/mol. The molecule has 0 amide bonds. The average Bonchev–Trinajstić information content (AvgIpc) is 3.25. The number of nitrogens with zero attached hydrogens (tertiary/aromatic N) is 2. The van der Waals surface area contributed by atoms with Crippen LogP contribution in [0.15, 0.2) is 101 Å². The molecule has 1 aliphatic heterocycles. The lowest BCUT2D eigenvalue weighted by atomic mass is 10.2. The number of para-hydroxylation sites is 1. The van der Waals surface area contributed by atoms with Gasteiger partial charge in [-0.1, -0.05) is 66.4 Å². The molecule has 1 aliphatic rings. The van der Waals surface area contributed by atoms with Crippen LogP contribution >= 0.6 is 11.8 Å². The first-order valence-corrected chi connectivity index (χ1v) is 14.2. The first-order valence-electron chi connectivity index (χ1n) is 13.3. The fourth-order valence-electron chi connectivity index (χ4n) is 4.57. The van der Waals surface area contributed by atoms with Crippen molar-refractivity contribution < 1.29 is 14.6 Å². The Kier molecular flexibility index (Phi) is 7.97. The highest BCUT2D eigenvalue weighted by molar-refractivity contribution is 7.99. The van der Waals surface area contributed by atoms with Gasteiger partial charge in [0, 0.05) is 34.7 Å². The summed E-state index contributed by atoms with van der Waals surface area (Å²) in [7, 11) is 0. The van der Waals surface area contributed by atoms with E-state index >= 15 is 0 Å². The summed E-state index contributed by atoms with van der Waals surface area (Å²) in [6.07, 6.45) is 0.879. The van der Waals surface area contributed by atoms with Crippen LogP contribution in [0.25, 0.3) is 10.9 Å². The van der Waals surface area contributed by atoms with E-state index in [0.29, 0.717) is 32.3 Å². The quantitative estimate of drug-likeness (QED) is 0.188. The number of aliphatic hydroxyl groups excluding tert-OH is 1. The minimum absolute atomic E-state index is 0.0105. The zero-order chi connectivity index (χ0) is 27.1. The zero-order valence-electron chi connectivity index (χ0n) is 22.0. The van der Waals surface area contributed by atoms with E-state index in [1.807, 2.05) is 78.9 Å². The van der Waals surface area contributed by atoms with Crippen LogP contribution < -0.4 is 20.1 Å². The standard InChI is InChI=1S/C32H30N4O3S/c37-21-24-9-2-6-13-30(24)40-29-12-5-1-8-23(29)20-34-32-35-26-11-4-3-10-25(26)31(36-32)33-19-22-14-15-27-28(18-22)39-17-7-16-38-27/h1-6,8-15,18,37H,7,16-17,19-21H2,(H2,33,34,35,36). The number of ether oxygens (including phenoxy) is 2. The maximum absolute atomic E-state index is 9.75. The molecule has 0 saturated heterocycles. The van der Waals surface area contributed by atoms with Gasteiger partial charge in [0.05, 0.1) is 25.3 Å². The number of aliphatic hydroxyl groups is 1. The van der Waals surface area contributed by atoms with Gasteiger partial charge >= 0.3 is 0 Å². The second kappa shape index (κ2) is 12.3. The Balaban J connectivity index is 1.21. The Morgan fingerprint density at radius 1 is 0.725 bits per heavy atom. The van der Waals surface area contributed by atoms with Crippen molar-refractivity contribution in [3.05, 3.63) is 108 Å². The van der Waals surface area contributed by atoms with Gasteiger partial charge in [0.15, 0.2) is 11.5 Å². The van der Waals surface area contributed by atoms with Crippen molar-refractivity contribution in [2.75, 3.05) is 23.8 Å². The number of aromatic nitrogens is 2. The van der Waals surface area contributed by atoms with Crippen LogP contribution in [-0.2, 0) is 19.7 Å². The third-order valence-corrected chi connectivity index (χ3v) is 7.88. The molecule has 0 bridgehead atoms. The minimum atomic E-state index is 0.0105. The number of anilines is 2. The van der Waals surface area contributed by atoms with Gasteiger partial charge in [-0.2, -0.15) is 4.98 Å². The van der Waals surface area contributed by atoms with E-state index in [9.17, 15) is 5.11 Å². The monoisotopic (exact) mass is 550 g/mol. The summed E-state index contributed by atoms with van der Waals surface area (Å²) < 4.78 is 11.6. The van der Waals surface area contributed by atoms with Gasteiger partial charge in [0.1, 0.15) is 5.82 Å². The normalized spacial score (nSPS) is 12.6. The molecule has 3 N–H and O–H groups in total. The lowest BCUT2D eigenvalue weighted by Crippen LogP contribution is -2.08. The van der Waals surface area contributed by atoms with Gasteiger partial charge < -0.3 is 25.2 Å². The van der Waals surface area contributed by atoms with E-state index in [1.54, 1.807) is 11.8 Å². The second-order valence-electron chi connectivity index (χ2n) is 9.43. The summed E-state index contributed by atoms with van der Waals surface area (Å²) in [4.78, 5) is 11.8. The smallest absolute Gasteiger partial charge is 0.225 e. The van der Waals surface area contributed by atoms with Crippen molar-refractivity contribution in [1.82, 2.24) is 9.97 Å². The molecule has 0 saturated carbocycles. The lowest BCUT2D eigenvalue weighted by molar-refractivity contribution is 0.279. The van der Waals surface area contributed by atoms with E-state index in [0.717, 1.165) is 61.1 Å². The molecule has 1 aromatic heterocycles.